The fourth-order valence-corrected chi connectivity index (χ4v) is 1.77. The average Bonchev–Trinajstić information content (AvgIpc) is 2.37. The summed E-state index contributed by atoms with van der Waals surface area (Å²) in [4.78, 5) is 12.9. The second-order valence-corrected chi connectivity index (χ2v) is 4.90. The fraction of sp³-hybridized carbons (Fsp3) is 0.533. The predicted octanol–water partition coefficient (Wildman–Crippen LogP) is 3.66. The third-order valence-corrected chi connectivity index (χ3v) is 3.11. The van der Waals surface area contributed by atoms with Crippen LogP contribution in [0.1, 0.15) is 32.3 Å². The van der Waals surface area contributed by atoms with Crippen LogP contribution in [0.2, 0.25) is 0 Å². The summed E-state index contributed by atoms with van der Waals surface area (Å²) in [5, 5.41) is 3.50. The van der Waals surface area contributed by atoms with Crippen molar-refractivity contribution in [2.24, 2.45) is 0 Å². The second-order valence-electron chi connectivity index (χ2n) is 4.90. The summed E-state index contributed by atoms with van der Waals surface area (Å²) in [6.07, 6.45) is 1.82. The molecule has 0 radical (unpaired) electrons. The van der Waals surface area contributed by atoms with Gasteiger partial charge in [-0.3, -0.25) is 0 Å². The first-order chi connectivity index (χ1) is 8.97. The normalized spacial score (nSPS) is 10.4. The van der Waals surface area contributed by atoms with E-state index in [2.05, 4.69) is 19.2 Å². The van der Waals surface area contributed by atoms with Crippen molar-refractivity contribution in [1.29, 1.82) is 0 Å². The van der Waals surface area contributed by atoms with Crippen LogP contribution in [0.4, 0.5) is 10.5 Å². The molecule has 0 aliphatic carbocycles. The Hall–Kier alpha value is -1.71. The molecular formula is C15H24N2O2. The lowest BCUT2D eigenvalue weighted by Gasteiger charge is -2.18. The second kappa shape index (κ2) is 7.02. The average molecular weight is 264 g/mol. The molecule has 1 rings (SSSR count). The van der Waals surface area contributed by atoms with Crippen molar-refractivity contribution in [3.05, 3.63) is 23.8 Å². The maximum atomic E-state index is 11.5. The first-order valence-corrected chi connectivity index (χ1v) is 6.74. The Morgan fingerprint density at radius 1 is 1.32 bits per heavy atom. The number of anilines is 1. The minimum atomic E-state index is -0.361. The van der Waals surface area contributed by atoms with Crippen LogP contribution < -0.4 is 10.1 Å². The Balaban J connectivity index is 2.77. The molecule has 1 aromatic carbocycles. The Kier molecular flexibility index (Phi) is 5.67. The third kappa shape index (κ3) is 4.47. The van der Waals surface area contributed by atoms with Crippen molar-refractivity contribution in [3.63, 3.8) is 0 Å². The molecule has 0 aromatic heterocycles. The van der Waals surface area contributed by atoms with Gasteiger partial charge in [0.15, 0.2) is 0 Å². The van der Waals surface area contributed by atoms with Crippen LogP contribution >= 0.6 is 0 Å². The highest BCUT2D eigenvalue weighted by molar-refractivity contribution is 5.70. The predicted molar refractivity (Wildman–Crippen MR) is 78.9 cm³/mol. The van der Waals surface area contributed by atoms with Gasteiger partial charge in [-0.1, -0.05) is 13.8 Å². The molecule has 1 N–H and O–H groups in total. The minimum Gasteiger partial charge on any atom is -0.410 e. The molecular weight excluding hydrogens is 240 g/mol. The van der Waals surface area contributed by atoms with Gasteiger partial charge in [0.05, 0.1) is 0 Å². The summed E-state index contributed by atoms with van der Waals surface area (Å²) >= 11 is 0. The molecule has 106 valence electrons. The van der Waals surface area contributed by atoms with E-state index < -0.39 is 0 Å². The van der Waals surface area contributed by atoms with Gasteiger partial charge in [-0.05, 0) is 43.5 Å². The standard InChI is InChI=1S/C15H24N2O2/c1-6-12(7-2)16-14-9-8-13(10-11(14)3)19-15(18)17(4)5/h8-10,12,16H,6-7H2,1-5H3. The molecule has 1 aromatic rings. The molecule has 0 saturated heterocycles. The summed E-state index contributed by atoms with van der Waals surface area (Å²) < 4.78 is 5.23. The Labute approximate surface area is 115 Å². The lowest BCUT2D eigenvalue weighted by Crippen LogP contribution is -2.25. The van der Waals surface area contributed by atoms with Gasteiger partial charge in [0.1, 0.15) is 5.75 Å². The number of ether oxygens (including phenoxy) is 1. The number of nitrogens with one attached hydrogen (secondary N) is 1. The highest BCUT2D eigenvalue weighted by Gasteiger charge is 2.09. The molecule has 0 fully saturated rings. The quantitative estimate of drug-likeness (QED) is 0.882. The molecule has 0 aliphatic rings. The lowest BCUT2D eigenvalue weighted by molar-refractivity contribution is 0.172. The topological polar surface area (TPSA) is 41.6 Å². The molecule has 19 heavy (non-hydrogen) atoms. The zero-order valence-corrected chi connectivity index (χ0v) is 12.5. The van der Waals surface area contributed by atoms with E-state index >= 15 is 0 Å². The van der Waals surface area contributed by atoms with Gasteiger partial charge in [-0.15, -0.1) is 0 Å². The van der Waals surface area contributed by atoms with Gasteiger partial charge in [0.25, 0.3) is 0 Å². The summed E-state index contributed by atoms with van der Waals surface area (Å²) in [5.41, 5.74) is 2.18. The fourth-order valence-electron chi connectivity index (χ4n) is 1.77. The molecule has 0 unspecified atom stereocenters. The summed E-state index contributed by atoms with van der Waals surface area (Å²) in [6, 6.07) is 6.14. The molecule has 0 bridgehead atoms. The van der Waals surface area contributed by atoms with Gasteiger partial charge in [-0.2, -0.15) is 0 Å². The van der Waals surface area contributed by atoms with Gasteiger partial charge in [0, 0.05) is 25.8 Å². The van der Waals surface area contributed by atoms with E-state index in [0.29, 0.717) is 11.8 Å². The molecule has 0 aliphatic heterocycles. The number of hydrogen-bond acceptors (Lipinski definition) is 3. The van der Waals surface area contributed by atoms with E-state index in [1.807, 2.05) is 25.1 Å². The van der Waals surface area contributed by atoms with E-state index in [9.17, 15) is 4.79 Å². The van der Waals surface area contributed by atoms with Crippen molar-refractivity contribution in [1.82, 2.24) is 4.90 Å². The van der Waals surface area contributed by atoms with E-state index in [0.717, 1.165) is 24.1 Å². The van der Waals surface area contributed by atoms with Crippen molar-refractivity contribution in [2.75, 3.05) is 19.4 Å². The molecule has 1 amide bonds. The summed E-state index contributed by atoms with van der Waals surface area (Å²) in [5.74, 6) is 0.575. The van der Waals surface area contributed by atoms with Crippen LogP contribution in [-0.2, 0) is 0 Å². The molecule has 4 nitrogen and oxygen atoms in total. The van der Waals surface area contributed by atoms with E-state index in [-0.39, 0.29) is 6.09 Å². The number of nitrogens with zero attached hydrogens (tertiary/aromatic N) is 1. The number of benzene rings is 1. The highest BCUT2D eigenvalue weighted by Crippen LogP contribution is 2.23. The van der Waals surface area contributed by atoms with Crippen molar-refractivity contribution < 1.29 is 9.53 Å². The maximum Gasteiger partial charge on any atom is 0.414 e. The van der Waals surface area contributed by atoms with Crippen LogP contribution in [0, 0.1) is 6.92 Å². The number of hydrogen-bond donors (Lipinski definition) is 1. The molecule has 4 heteroatoms. The Morgan fingerprint density at radius 2 is 1.95 bits per heavy atom. The SMILES string of the molecule is CCC(CC)Nc1ccc(OC(=O)N(C)C)cc1C. The van der Waals surface area contributed by atoms with Crippen LogP contribution in [0.15, 0.2) is 18.2 Å². The molecule has 0 spiro atoms. The highest BCUT2D eigenvalue weighted by atomic mass is 16.6. The number of amides is 1. The van der Waals surface area contributed by atoms with Crippen LogP contribution in [0.5, 0.6) is 5.75 Å². The first-order valence-electron chi connectivity index (χ1n) is 6.74. The number of carbonyl (C=O) groups is 1. The largest absolute Gasteiger partial charge is 0.414 e. The third-order valence-electron chi connectivity index (χ3n) is 3.11. The smallest absolute Gasteiger partial charge is 0.410 e. The Morgan fingerprint density at radius 3 is 2.42 bits per heavy atom. The number of carbonyl (C=O) groups excluding carboxylic acids is 1. The van der Waals surface area contributed by atoms with E-state index in [4.69, 9.17) is 4.74 Å². The molecule has 0 atom stereocenters. The van der Waals surface area contributed by atoms with E-state index in [1.165, 1.54) is 4.90 Å². The van der Waals surface area contributed by atoms with Crippen LogP contribution in [0.3, 0.4) is 0 Å². The first kappa shape index (κ1) is 15.3. The zero-order valence-electron chi connectivity index (χ0n) is 12.5. The van der Waals surface area contributed by atoms with Crippen molar-refractivity contribution in [2.45, 2.75) is 39.7 Å². The van der Waals surface area contributed by atoms with Gasteiger partial charge >= 0.3 is 6.09 Å². The van der Waals surface area contributed by atoms with Crippen LogP contribution in [-0.4, -0.2) is 31.1 Å². The minimum absolute atomic E-state index is 0.361. The van der Waals surface area contributed by atoms with Gasteiger partial charge < -0.3 is 15.0 Å². The van der Waals surface area contributed by atoms with Gasteiger partial charge in [0.2, 0.25) is 0 Å². The number of aryl methyl sites for hydroxylation is 1. The Bertz CT molecular complexity index is 426. The number of rotatable bonds is 5. The van der Waals surface area contributed by atoms with E-state index in [1.54, 1.807) is 14.1 Å². The van der Waals surface area contributed by atoms with Crippen molar-refractivity contribution in [3.8, 4) is 5.75 Å². The maximum absolute atomic E-state index is 11.5. The van der Waals surface area contributed by atoms with Gasteiger partial charge in [-0.25, -0.2) is 4.79 Å². The van der Waals surface area contributed by atoms with Crippen molar-refractivity contribution >= 4 is 11.8 Å². The monoisotopic (exact) mass is 264 g/mol. The summed E-state index contributed by atoms with van der Waals surface area (Å²) in [7, 11) is 3.33. The summed E-state index contributed by atoms with van der Waals surface area (Å²) in [6.45, 7) is 6.35. The molecule has 0 saturated carbocycles. The van der Waals surface area contributed by atoms with Crippen LogP contribution in [0.25, 0.3) is 0 Å². The zero-order chi connectivity index (χ0) is 14.4. The lowest BCUT2D eigenvalue weighted by atomic mass is 10.1. The molecule has 0 heterocycles.